The summed E-state index contributed by atoms with van der Waals surface area (Å²) in [5.74, 6) is 0.309. The Bertz CT molecular complexity index is 506. The van der Waals surface area contributed by atoms with Crippen molar-refractivity contribution in [2.24, 2.45) is 0 Å². The fourth-order valence-corrected chi connectivity index (χ4v) is 2.87. The van der Waals surface area contributed by atoms with Crippen molar-refractivity contribution < 1.29 is 9.90 Å². The Labute approximate surface area is 119 Å². The van der Waals surface area contributed by atoms with E-state index in [-0.39, 0.29) is 11.7 Å². The Hall–Kier alpha value is -1.59. The summed E-state index contributed by atoms with van der Waals surface area (Å²) in [6.07, 6.45) is 0. The lowest BCUT2D eigenvalue weighted by molar-refractivity contribution is 0.0227. The van der Waals surface area contributed by atoms with Crippen LogP contribution in [0.25, 0.3) is 0 Å². The molecule has 2 aliphatic heterocycles. The first-order chi connectivity index (χ1) is 9.65. The van der Waals surface area contributed by atoms with Crippen molar-refractivity contribution in [1.82, 2.24) is 15.1 Å². The second kappa shape index (κ2) is 5.42. The van der Waals surface area contributed by atoms with Gasteiger partial charge in [-0.25, -0.2) is 0 Å². The van der Waals surface area contributed by atoms with Gasteiger partial charge in [0.15, 0.2) is 0 Å². The van der Waals surface area contributed by atoms with Crippen molar-refractivity contribution in [3.63, 3.8) is 0 Å². The topological polar surface area (TPSA) is 55.8 Å². The third-order valence-corrected chi connectivity index (χ3v) is 4.26. The van der Waals surface area contributed by atoms with Gasteiger partial charge in [-0.2, -0.15) is 0 Å². The van der Waals surface area contributed by atoms with Crippen LogP contribution in [0, 0.1) is 6.92 Å². The average molecular weight is 275 g/mol. The standard InChI is InChI=1S/C15H21N3O2/c1-11-8-12(2-3-14(11)19)15(20)18-9-13(10-18)17-6-4-16-5-7-17/h2-3,8,13,16,19H,4-7,9-10H2,1H3. The van der Waals surface area contributed by atoms with Crippen LogP contribution < -0.4 is 5.32 Å². The van der Waals surface area contributed by atoms with Gasteiger partial charge in [0.05, 0.1) is 0 Å². The fourth-order valence-electron chi connectivity index (χ4n) is 2.87. The molecule has 2 aliphatic rings. The fraction of sp³-hybridized carbons (Fsp3) is 0.533. The normalized spacial score (nSPS) is 20.8. The van der Waals surface area contributed by atoms with Crippen LogP contribution in [-0.4, -0.2) is 66.1 Å². The molecule has 1 aromatic rings. The van der Waals surface area contributed by atoms with E-state index in [0.29, 0.717) is 11.6 Å². The van der Waals surface area contributed by atoms with Gasteiger partial charge >= 0.3 is 0 Å². The summed E-state index contributed by atoms with van der Waals surface area (Å²) < 4.78 is 0. The lowest BCUT2D eigenvalue weighted by Crippen LogP contribution is -2.63. The summed E-state index contributed by atoms with van der Waals surface area (Å²) in [5.41, 5.74) is 1.41. The minimum atomic E-state index is 0.0690. The summed E-state index contributed by atoms with van der Waals surface area (Å²) in [6, 6.07) is 5.56. The molecular weight excluding hydrogens is 254 g/mol. The van der Waals surface area contributed by atoms with Crippen LogP contribution in [0.5, 0.6) is 5.75 Å². The molecule has 2 N–H and O–H groups in total. The Kier molecular flexibility index (Phi) is 3.63. The van der Waals surface area contributed by atoms with Gasteiger partial charge < -0.3 is 15.3 Å². The highest BCUT2D eigenvalue weighted by atomic mass is 16.3. The molecule has 2 heterocycles. The number of phenolic OH excluding ortho intramolecular Hbond substituents is 1. The maximum absolute atomic E-state index is 12.3. The van der Waals surface area contributed by atoms with Gasteiger partial charge in [-0.15, -0.1) is 0 Å². The number of hydrogen-bond donors (Lipinski definition) is 2. The summed E-state index contributed by atoms with van der Waals surface area (Å²) >= 11 is 0. The molecule has 2 fully saturated rings. The van der Waals surface area contributed by atoms with E-state index in [0.717, 1.165) is 44.8 Å². The predicted molar refractivity (Wildman–Crippen MR) is 77.0 cm³/mol. The van der Waals surface area contributed by atoms with Gasteiger partial charge in [-0.1, -0.05) is 0 Å². The van der Waals surface area contributed by atoms with E-state index in [1.54, 1.807) is 18.2 Å². The highest BCUT2D eigenvalue weighted by Crippen LogP contribution is 2.22. The summed E-state index contributed by atoms with van der Waals surface area (Å²) in [5, 5.41) is 12.9. The third kappa shape index (κ3) is 2.51. The molecule has 0 aromatic heterocycles. The highest BCUT2D eigenvalue weighted by Gasteiger charge is 2.35. The van der Waals surface area contributed by atoms with Gasteiger partial charge in [0.1, 0.15) is 5.75 Å². The van der Waals surface area contributed by atoms with Gasteiger partial charge in [-0.05, 0) is 30.7 Å². The number of rotatable bonds is 2. The first kappa shape index (κ1) is 13.4. The number of carbonyl (C=O) groups is 1. The van der Waals surface area contributed by atoms with Gasteiger partial charge in [-0.3, -0.25) is 9.69 Å². The number of carbonyl (C=O) groups excluding carboxylic acids is 1. The molecule has 1 aromatic carbocycles. The molecule has 3 rings (SSSR count). The molecule has 0 bridgehead atoms. The van der Waals surface area contributed by atoms with Crippen molar-refractivity contribution in [2.75, 3.05) is 39.3 Å². The number of hydrogen-bond acceptors (Lipinski definition) is 4. The van der Waals surface area contributed by atoms with E-state index < -0.39 is 0 Å². The second-order valence-electron chi connectivity index (χ2n) is 5.65. The van der Waals surface area contributed by atoms with E-state index in [9.17, 15) is 9.90 Å². The third-order valence-electron chi connectivity index (χ3n) is 4.26. The molecule has 5 nitrogen and oxygen atoms in total. The van der Waals surface area contributed by atoms with Crippen LogP contribution in [0.3, 0.4) is 0 Å². The SMILES string of the molecule is Cc1cc(C(=O)N2CC(N3CCNCC3)C2)ccc1O. The minimum Gasteiger partial charge on any atom is -0.508 e. The molecule has 0 saturated carbocycles. The Morgan fingerprint density at radius 2 is 2.00 bits per heavy atom. The molecule has 1 amide bonds. The zero-order valence-corrected chi connectivity index (χ0v) is 11.8. The minimum absolute atomic E-state index is 0.0690. The lowest BCUT2D eigenvalue weighted by atomic mass is 10.0. The number of aromatic hydroxyl groups is 1. The van der Waals surface area contributed by atoms with E-state index >= 15 is 0 Å². The smallest absolute Gasteiger partial charge is 0.253 e. The van der Waals surface area contributed by atoms with Gasteiger partial charge in [0.25, 0.3) is 5.91 Å². The molecular formula is C15H21N3O2. The second-order valence-corrected chi connectivity index (χ2v) is 5.65. The largest absolute Gasteiger partial charge is 0.508 e. The predicted octanol–water partition coefficient (Wildman–Crippen LogP) is 0.430. The number of aryl methyl sites for hydroxylation is 1. The zero-order valence-electron chi connectivity index (χ0n) is 11.8. The average Bonchev–Trinajstić information content (AvgIpc) is 2.41. The van der Waals surface area contributed by atoms with Gasteiger partial charge in [0, 0.05) is 50.9 Å². The number of nitrogens with one attached hydrogen (secondary N) is 1. The van der Waals surface area contributed by atoms with Crippen molar-refractivity contribution in [3.05, 3.63) is 29.3 Å². The maximum atomic E-state index is 12.3. The van der Waals surface area contributed by atoms with Crippen LogP contribution >= 0.6 is 0 Å². The number of phenols is 1. The Balaban J connectivity index is 1.58. The highest BCUT2D eigenvalue weighted by molar-refractivity contribution is 5.95. The van der Waals surface area contributed by atoms with E-state index in [4.69, 9.17) is 0 Å². The summed E-state index contributed by atoms with van der Waals surface area (Å²) in [6.45, 7) is 7.68. The van der Waals surface area contributed by atoms with Crippen LogP contribution in [0.4, 0.5) is 0 Å². The quantitative estimate of drug-likeness (QED) is 0.822. The van der Waals surface area contributed by atoms with Crippen LogP contribution in [0.1, 0.15) is 15.9 Å². The van der Waals surface area contributed by atoms with E-state index in [1.165, 1.54) is 0 Å². The summed E-state index contributed by atoms with van der Waals surface area (Å²) in [7, 11) is 0. The van der Waals surface area contributed by atoms with Crippen LogP contribution in [0.15, 0.2) is 18.2 Å². The van der Waals surface area contributed by atoms with Crippen molar-refractivity contribution in [1.29, 1.82) is 0 Å². The molecule has 0 unspecified atom stereocenters. The first-order valence-electron chi connectivity index (χ1n) is 7.19. The molecule has 0 aliphatic carbocycles. The molecule has 108 valence electrons. The Morgan fingerprint density at radius 3 is 2.65 bits per heavy atom. The first-order valence-corrected chi connectivity index (χ1v) is 7.19. The van der Waals surface area contributed by atoms with E-state index in [1.807, 2.05) is 11.8 Å². The number of likely N-dealkylation sites (tertiary alicyclic amines) is 1. The molecule has 0 atom stereocenters. The van der Waals surface area contributed by atoms with Gasteiger partial charge in [0.2, 0.25) is 0 Å². The van der Waals surface area contributed by atoms with Crippen molar-refractivity contribution >= 4 is 5.91 Å². The molecule has 20 heavy (non-hydrogen) atoms. The lowest BCUT2D eigenvalue weighted by Gasteiger charge is -2.46. The van der Waals surface area contributed by atoms with Crippen LogP contribution in [-0.2, 0) is 0 Å². The van der Waals surface area contributed by atoms with Crippen molar-refractivity contribution in [3.8, 4) is 5.75 Å². The maximum Gasteiger partial charge on any atom is 0.253 e. The van der Waals surface area contributed by atoms with Crippen LogP contribution in [0.2, 0.25) is 0 Å². The number of benzene rings is 1. The molecule has 5 heteroatoms. The monoisotopic (exact) mass is 275 g/mol. The number of nitrogens with zero attached hydrogens (tertiary/aromatic N) is 2. The summed E-state index contributed by atoms with van der Waals surface area (Å²) in [4.78, 5) is 16.7. The molecule has 0 radical (unpaired) electrons. The number of piperazine rings is 1. The molecule has 2 saturated heterocycles. The van der Waals surface area contributed by atoms with Crippen molar-refractivity contribution in [2.45, 2.75) is 13.0 Å². The van der Waals surface area contributed by atoms with E-state index in [2.05, 4.69) is 10.2 Å². The number of amides is 1. The molecule has 0 spiro atoms. The zero-order chi connectivity index (χ0) is 14.1. The Morgan fingerprint density at radius 1 is 1.30 bits per heavy atom.